The molecule has 2 aliphatic carbocycles. The monoisotopic (exact) mass is 450 g/mol. The van der Waals surface area contributed by atoms with Gasteiger partial charge in [-0.3, -0.25) is 4.79 Å². The molecular weight excluding hydrogens is 410 g/mol. The van der Waals surface area contributed by atoms with Crippen LogP contribution in [0.1, 0.15) is 97.3 Å². The van der Waals surface area contributed by atoms with Crippen molar-refractivity contribution < 1.29 is 23.0 Å². The van der Waals surface area contributed by atoms with Gasteiger partial charge in [0.25, 0.3) is 0 Å². The third kappa shape index (κ3) is 6.68. The highest BCUT2D eigenvalue weighted by molar-refractivity contribution is 5.75. The van der Waals surface area contributed by atoms with Crippen LogP contribution in [0.3, 0.4) is 0 Å². The Morgan fingerprint density at radius 3 is 2.06 bits per heavy atom. The fraction of sp³-hybridized carbons (Fsp3) is 0.741. The van der Waals surface area contributed by atoms with Crippen molar-refractivity contribution in [2.75, 3.05) is 6.61 Å². The van der Waals surface area contributed by atoms with Gasteiger partial charge in [0.15, 0.2) is 11.5 Å². The first-order valence-electron chi connectivity index (χ1n) is 12.9. The van der Waals surface area contributed by atoms with Gasteiger partial charge >= 0.3 is 5.97 Å². The highest BCUT2D eigenvalue weighted by Gasteiger charge is 2.34. The molecule has 0 bridgehead atoms. The summed E-state index contributed by atoms with van der Waals surface area (Å²) >= 11 is 0. The van der Waals surface area contributed by atoms with Crippen LogP contribution in [0.4, 0.5) is 8.78 Å². The minimum absolute atomic E-state index is 0.132. The zero-order valence-electron chi connectivity index (χ0n) is 19.8. The van der Waals surface area contributed by atoms with Gasteiger partial charge in [0.2, 0.25) is 11.6 Å². The van der Waals surface area contributed by atoms with Crippen LogP contribution in [-0.2, 0) is 4.79 Å². The van der Waals surface area contributed by atoms with E-state index in [4.69, 9.17) is 9.47 Å². The number of hydrogen-bond donors (Lipinski definition) is 0. The van der Waals surface area contributed by atoms with E-state index in [1.165, 1.54) is 50.7 Å². The molecule has 0 aliphatic heterocycles. The smallest absolute Gasteiger partial charge is 0.314 e. The van der Waals surface area contributed by atoms with Gasteiger partial charge in [-0.25, -0.2) is 0 Å². The zero-order valence-corrected chi connectivity index (χ0v) is 19.8. The number of carbonyl (C=O) groups is 1. The van der Waals surface area contributed by atoms with Gasteiger partial charge in [0.05, 0.1) is 12.5 Å². The predicted molar refractivity (Wildman–Crippen MR) is 123 cm³/mol. The van der Waals surface area contributed by atoms with Gasteiger partial charge in [-0.1, -0.05) is 52.4 Å². The summed E-state index contributed by atoms with van der Waals surface area (Å²) in [6.07, 6.45) is 14.4. The van der Waals surface area contributed by atoms with Crippen LogP contribution in [0.15, 0.2) is 12.1 Å². The molecule has 5 heteroatoms. The van der Waals surface area contributed by atoms with E-state index in [9.17, 15) is 13.6 Å². The van der Waals surface area contributed by atoms with Crippen molar-refractivity contribution in [2.24, 2.45) is 23.7 Å². The Bertz CT molecular complexity index is 720. The summed E-state index contributed by atoms with van der Waals surface area (Å²) in [7, 11) is 0. The molecule has 1 aromatic rings. The number of halogens is 2. The lowest BCUT2D eigenvalue weighted by Gasteiger charge is -2.37. The predicted octanol–water partition coefficient (Wildman–Crippen LogP) is 7.85. The van der Waals surface area contributed by atoms with Gasteiger partial charge in [-0.15, -0.1) is 0 Å². The van der Waals surface area contributed by atoms with Crippen molar-refractivity contribution in [3.8, 4) is 11.5 Å². The standard InChI is InChI=1S/C27H40F2O3/c1-3-5-6-18-31-23-16-17-24(26(29)25(23)28)32-27(30)22-14-12-21(13-15-22)20-10-8-19(7-4-2)9-11-20/h16-17,19-22H,3-15,18H2,1-2H3/t19-,20-,21-,22-. The van der Waals surface area contributed by atoms with E-state index in [-0.39, 0.29) is 17.4 Å². The molecule has 0 heterocycles. The molecule has 3 nitrogen and oxygen atoms in total. The Hall–Kier alpha value is -1.65. The SMILES string of the molecule is CCCCCOc1ccc(OC(=O)[C@H]2CC[C@H]([C@H]3CC[C@H](CCC)CC3)CC2)c(F)c1F. The first kappa shape index (κ1) is 25.0. The number of unbranched alkanes of at least 4 members (excludes halogenated alkanes) is 2. The lowest BCUT2D eigenvalue weighted by atomic mass is 9.69. The molecule has 0 amide bonds. The second kappa shape index (κ2) is 12.6. The molecule has 0 aromatic heterocycles. The van der Waals surface area contributed by atoms with E-state index in [1.807, 2.05) is 0 Å². The Morgan fingerprint density at radius 1 is 0.844 bits per heavy atom. The van der Waals surface area contributed by atoms with Crippen LogP contribution in [0.2, 0.25) is 0 Å². The maximum Gasteiger partial charge on any atom is 0.314 e. The minimum Gasteiger partial charge on any atom is -0.490 e. The van der Waals surface area contributed by atoms with Gasteiger partial charge in [-0.05, 0) is 74.8 Å². The zero-order chi connectivity index (χ0) is 22.9. The molecular formula is C27H40F2O3. The second-order valence-corrected chi connectivity index (χ2v) is 9.85. The fourth-order valence-electron chi connectivity index (χ4n) is 5.61. The molecule has 0 spiro atoms. The Morgan fingerprint density at radius 2 is 1.44 bits per heavy atom. The number of benzene rings is 1. The van der Waals surface area contributed by atoms with Crippen LogP contribution in [0.5, 0.6) is 11.5 Å². The van der Waals surface area contributed by atoms with Crippen molar-refractivity contribution in [3.05, 3.63) is 23.8 Å². The topological polar surface area (TPSA) is 35.5 Å². The van der Waals surface area contributed by atoms with Crippen molar-refractivity contribution in [1.82, 2.24) is 0 Å². The van der Waals surface area contributed by atoms with Crippen molar-refractivity contribution >= 4 is 5.97 Å². The summed E-state index contributed by atoms with van der Waals surface area (Å²) < 4.78 is 39.3. The summed E-state index contributed by atoms with van der Waals surface area (Å²) in [4.78, 5) is 12.6. The Balaban J connectivity index is 1.46. The average Bonchev–Trinajstić information content (AvgIpc) is 2.82. The lowest BCUT2D eigenvalue weighted by Crippen LogP contribution is -2.30. The molecule has 2 aliphatic rings. The molecule has 0 radical (unpaired) electrons. The number of esters is 1. The first-order valence-corrected chi connectivity index (χ1v) is 12.9. The molecule has 0 atom stereocenters. The van der Waals surface area contributed by atoms with Gasteiger partial charge in [0.1, 0.15) is 0 Å². The normalized spacial score (nSPS) is 26.0. The van der Waals surface area contributed by atoms with Crippen LogP contribution in [0.25, 0.3) is 0 Å². The number of carbonyl (C=O) groups excluding carboxylic acids is 1. The van der Waals surface area contributed by atoms with E-state index in [2.05, 4.69) is 13.8 Å². The summed E-state index contributed by atoms with van der Waals surface area (Å²) in [6.45, 7) is 4.67. The molecule has 32 heavy (non-hydrogen) atoms. The molecule has 180 valence electrons. The Labute approximate surface area is 192 Å². The maximum atomic E-state index is 14.4. The van der Waals surface area contributed by atoms with E-state index in [0.717, 1.165) is 56.8 Å². The molecule has 2 fully saturated rings. The van der Waals surface area contributed by atoms with Gasteiger partial charge in [-0.2, -0.15) is 8.78 Å². The minimum atomic E-state index is -1.15. The van der Waals surface area contributed by atoms with E-state index in [1.54, 1.807) is 0 Å². The van der Waals surface area contributed by atoms with Gasteiger partial charge < -0.3 is 9.47 Å². The van der Waals surface area contributed by atoms with Crippen molar-refractivity contribution in [3.63, 3.8) is 0 Å². The van der Waals surface area contributed by atoms with Crippen molar-refractivity contribution in [2.45, 2.75) is 97.3 Å². The summed E-state index contributed by atoms with van der Waals surface area (Å²) in [5, 5.41) is 0. The van der Waals surface area contributed by atoms with Crippen LogP contribution >= 0.6 is 0 Å². The summed E-state index contributed by atoms with van der Waals surface area (Å²) in [5.41, 5.74) is 0. The second-order valence-electron chi connectivity index (χ2n) is 9.85. The summed E-state index contributed by atoms with van der Waals surface area (Å²) in [5.74, 6) is -0.988. The third-order valence-corrected chi connectivity index (χ3v) is 7.59. The molecule has 3 rings (SSSR count). The molecule has 1 aromatic carbocycles. The average molecular weight is 451 g/mol. The summed E-state index contributed by atoms with van der Waals surface area (Å²) in [6, 6.07) is 2.64. The highest BCUT2D eigenvalue weighted by Crippen LogP contribution is 2.42. The maximum absolute atomic E-state index is 14.4. The third-order valence-electron chi connectivity index (χ3n) is 7.59. The van der Waals surface area contributed by atoms with Crippen molar-refractivity contribution in [1.29, 1.82) is 0 Å². The van der Waals surface area contributed by atoms with Crippen LogP contribution < -0.4 is 9.47 Å². The molecule has 0 N–H and O–H groups in total. The van der Waals surface area contributed by atoms with E-state index < -0.39 is 17.6 Å². The number of ether oxygens (including phenoxy) is 2. The van der Waals surface area contributed by atoms with Gasteiger partial charge in [0, 0.05) is 0 Å². The number of rotatable bonds is 10. The quantitative estimate of drug-likeness (QED) is 0.207. The lowest BCUT2D eigenvalue weighted by molar-refractivity contribution is -0.140. The first-order chi connectivity index (χ1) is 15.5. The van der Waals surface area contributed by atoms with Crippen LogP contribution in [0, 0.1) is 35.3 Å². The highest BCUT2D eigenvalue weighted by atomic mass is 19.2. The Kier molecular flexibility index (Phi) is 9.80. The number of hydrogen-bond acceptors (Lipinski definition) is 3. The van der Waals surface area contributed by atoms with E-state index >= 15 is 0 Å². The molecule has 2 saturated carbocycles. The van der Waals surface area contributed by atoms with E-state index in [0.29, 0.717) is 12.5 Å². The molecule has 0 saturated heterocycles. The van der Waals surface area contributed by atoms with Crippen LogP contribution in [-0.4, -0.2) is 12.6 Å². The molecule has 0 unspecified atom stereocenters. The fourth-order valence-corrected chi connectivity index (χ4v) is 5.61. The largest absolute Gasteiger partial charge is 0.490 e.